The fourth-order valence-corrected chi connectivity index (χ4v) is 2.69. The van der Waals surface area contributed by atoms with E-state index in [4.69, 9.17) is 4.74 Å². The number of anilines is 1. The molecule has 0 radical (unpaired) electrons. The number of ether oxygens (including phenoxy) is 1. The van der Waals surface area contributed by atoms with Crippen LogP contribution in [0.15, 0.2) is 78.9 Å². The second-order valence-electron chi connectivity index (χ2n) is 5.85. The van der Waals surface area contributed by atoms with E-state index in [0.717, 1.165) is 11.1 Å². The fraction of sp³-hybridized carbons (Fsp3) is 0.136. The lowest BCUT2D eigenvalue weighted by atomic mass is 10.0. The summed E-state index contributed by atoms with van der Waals surface area (Å²) in [7, 11) is 0. The van der Waals surface area contributed by atoms with Gasteiger partial charge in [-0.3, -0.25) is 4.79 Å². The average molecular weight is 349 g/mol. The molecule has 1 unspecified atom stereocenters. The van der Waals surface area contributed by atoms with Crippen LogP contribution < -0.4 is 10.1 Å². The van der Waals surface area contributed by atoms with Crippen molar-refractivity contribution >= 4 is 11.6 Å². The molecule has 0 saturated heterocycles. The quantitative estimate of drug-likeness (QED) is 0.657. The van der Waals surface area contributed by atoms with Crippen molar-refractivity contribution in [3.63, 3.8) is 0 Å². The summed E-state index contributed by atoms with van der Waals surface area (Å²) in [6.45, 7) is 1.83. The third kappa shape index (κ3) is 4.09. The number of halogens is 1. The molecule has 0 aromatic heterocycles. The summed E-state index contributed by atoms with van der Waals surface area (Å²) in [6, 6.07) is 23.5. The van der Waals surface area contributed by atoms with E-state index < -0.39 is 11.9 Å². The molecule has 0 aliphatic carbocycles. The summed E-state index contributed by atoms with van der Waals surface area (Å²) in [5.41, 5.74) is 2.62. The van der Waals surface area contributed by atoms with Gasteiger partial charge in [0, 0.05) is 11.3 Å². The predicted octanol–water partition coefficient (Wildman–Crippen LogP) is 5.29. The lowest BCUT2D eigenvalue weighted by Crippen LogP contribution is -2.32. The van der Waals surface area contributed by atoms with Gasteiger partial charge in [0.2, 0.25) is 0 Å². The second kappa shape index (κ2) is 8.30. The number of hydrogen-bond donors (Lipinski definition) is 1. The minimum Gasteiger partial charge on any atom is -0.478 e. The number of carbonyl (C=O) groups is 1. The molecule has 1 N–H and O–H groups in total. The topological polar surface area (TPSA) is 38.3 Å². The number of amides is 1. The number of hydrogen-bond acceptors (Lipinski definition) is 2. The summed E-state index contributed by atoms with van der Waals surface area (Å²) >= 11 is 0. The fourth-order valence-electron chi connectivity index (χ4n) is 2.69. The van der Waals surface area contributed by atoms with E-state index in [1.54, 1.807) is 12.1 Å². The van der Waals surface area contributed by atoms with Gasteiger partial charge in [-0.05, 0) is 30.2 Å². The van der Waals surface area contributed by atoms with Gasteiger partial charge in [0.1, 0.15) is 0 Å². The van der Waals surface area contributed by atoms with Crippen molar-refractivity contribution in [2.24, 2.45) is 0 Å². The summed E-state index contributed by atoms with van der Waals surface area (Å²) in [6.07, 6.45) is -0.357. The molecule has 1 amide bonds. The van der Waals surface area contributed by atoms with Crippen LogP contribution >= 0.6 is 0 Å². The van der Waals surface area contributed by atoms with Crippen LogP contribution in [0.2, 0.25) is 0 Å². The van der Waals surface area contributed by atoms with Gasteiger partial charge in [0.15, 0.2) is 17.7 Å². The van der Waals surface area contributed by atoms with Gasteiger partial charge in [-0.1, -0.05) is 67.6 Å². The molecule has 3 nitrogen and oxygen atoms in total. The first-order valence-corrected chi connectivity index (χ1v) is 8.55. The molecule has 0 fully saturated rings. The highest BCUT2D eigenvalue weighted by molar-refractivity contribution is 5.98. The molecule has 0 saturated carbocycles. The second-order valence-corrected chi connectivity index (χ2v) is 5.85. The van der Waals surface area contributed by atoms with Gasteiger partial charge in [-0.25, -0.2) is 4.39 Å². The highest BCUT2D eigenvalue weighted by Crippen LogP contribution is 2.28. The van der Waals surface area contributed by atoms with Crippen LogP contribution in [-0.2, 0) is 4.79 Å². The Kier molecular flexibility index (Phi) is 5.64. The number of rotatable bonds is 6. The largest absolute Gasteiger partial charge is 0.478 e. The minimum atomic E-state index is -0.782. The Balaban J connectivity index is 1.80. The van der Waals surface area contributed by atoms with E-state index in [1.165, 1.54) is 12.1 Å². The average Bonchev–Trinajstić information content (AvgIpc) is 2.68. The normalized spacial score (nSPS) is 11.6. The first kappa shape index (κ1) is 17.7. The molecule has 1 atom stereocenters. The van der Waals surface area contributed by atoms with Crippen LogP contribution in [0.3, 0.4) is 0 Å². The molecular weight excluding hydrogens is 329 g/mol. The Morgan fingerprint density at radius 3 is 2.35 bits per heavy atom. The number of benzene rings is 3. The molecule has 26 heavy (non-hydrogen) atoms. The summed E-state index contributed by atoms with van der Waals surface area (Å²) in [5.74, 6) is -0.714. The van der Waals surface area contributed by atoms with Gasteiger partial charge >= 0.3 is 0 Å². The number of nitrogens with one attached hydrogen (secondary N) is 1. The minimum absolute atomic E-state index is 0.0749. The molecular formula is C22H20FNO2. The van der Waals surface area contributed by atoms with Crippen molar-refractivity contribution in [2.45, 2.75) is 19.4 Å². The van der Waals surface area contributed by atoms with Gasteiger partial charge in [-0.15, -0.1) is 0 Å². The Morgan fingerprint density at radius 2 is 1.62 bits per heavy atom. The third-order valence-corrected chi connectivity index (χ3v) is 4.04. The van der Waals surface area contributed by atoms with Crippen molar-refractivity contribution in [3.05, 3.63) is 84.7 Å². The standard InChI is InChI=1S/C22H20FNO2/c1-2-20(26-21-15-9-7-13-18(21)23)22(25)24-19-14-8-6-12-17(19)16-10-4-3-5-11-16/h3-15,20H,2H2,1H3,(H,24,25). The zero-order chi connectivity index (χ0) is 18.4. The van der Waals surface area contributed by atoms with E-state index in [9.17, 15) is 9.18 Å². The van der Waals surface area contributed by atoms with Crippen molar-refractivity contribution in [3.8, 4) is 16.9 Å². The summed E-state index contributed by atoms with van der Waals surface area (Å²) < 4.78 is 19.4. The van der Waals surface area contributed by atoms with E-state index in [2.05, 4.69) is 5.32 Å². The molecule has 4 heteroatoms. The van der Waals surface area contributed by atoms with E-state index in [-0.39, 0.29) is 11.7 Å². The monoisotopic (exact) mass is 349 g/mol. The van der Waals surface area contributed by atoms with Crippen molar-refractivity contribution in [2.75, 3.05) is 5.32 Å². The van der Waals surface area contributed by atoms with Crippen LogP contribution in [-0.4, -0.2) is 12.0 Å². The maximum Gasteiger partial charge on any atom is 0.265 e. The zero-order valence-electron chi connectivity index (χ0n) is 14.5. The predicted molar refractivity (Wildman–Crippen MR) is 102 cm³/mol. The highest BCUT2D eigenvalue weighted by atomic mass is 19.1. The molecule has 0 spiro atoms. The van der Waals surface area contributed by atoms with Crippen molar-refractivity contribution in [1.29, 1.82) is 0 Å². The zero-order valence-corrected chi connectivity index (χ0v) is 14.5. The SMILES string of the molecule is CCC(Oc1ccccc1F)C(=O)Nc1ccccc1-c1ccccc1. The van der Waals surface area contributed by atoms with Crippen LogP contribution in [0.4, 0.5) is 10.1 Å². The van der Waals surface area contributed by atoms with Gasteiger partial charge in [0.25, 0.3) is 5.91 Å². The van der Waals surface area contributed by atoms with E-state index in [1.807, 2.05) is 61.5 Å². The molecule has 132 valence electrons. The lowest BCUT2D eigenvalue weighted by molar-refractivity contribution is -0.122. The first-order valence-electron chi connectivity index (χ1n) is 8.55. The molecule has 0 bridgehead atoms. The summed E-state index contributed by atoms with van der Waals surface area (Å²) in [5, 5.41) is 2.91. The molecule has 0 aliphatic rings. The number of para-hydroxylation sites is 2. The Morgan fingerprint density at radius 1 is 0.962 bits per heavy atom. The van der Waals surface area contributed by atoms with Gasteiger partial charge < -0.3 is 10.1 Å². The van der Waals surface area contributed by atoms with Crippen molar-refractivity contribution in [1.82, 2.24) is 0 Å². The van der Waals surface area contributed by atoms with Gasteiger partial charge in [-0.2, -0.15) is 0 Å². The van der Waals surface area contributed by atoms with Crippen LogP contribution in [0.1, 0.15) is 13.3 Å². The summed E-state index contributed by atoms with van der Waals surface area (Å²) in [4.78, 5) is 12.7. The maximum atomic E-state index is 13.8. The number of carbonyl (C=O) groups excluding carboxylic acids is 1. The molecule has 0 aliphatic heterocycles. The Hall–Kier alpha value is -3.14. The van der Waals surface area contributed by atoms with Crippen molar-refractivity contribution < 1.29 is 13.9 Å². The Labute approximate surface area is 152 Å². The highest BCUT2D eigenvalue weighted by Gasteiger charge is 2.21. The third-order valence-electron chi connectivity index (χ3n) is 4.04. The van der Waals surface area contributed by atoms with E-state index >= 15 is 0 Å². The van der Waals surface area contributed by atoms with Gasteiger partial charge in [0.05, 0.1) is 0 Å². The lowest BCUT2D eigenvalue weighted by Gasteiger charge is -2.19. The van der Waals surface area contributed by atoms with Crippen LogP contribution in [0, 0.1) is 5.82 Å². The molecule has 0 heterocycles. The Bertz CT molecular complexity index is 880. The van der Waals surface area contributed by atoms with Crippen LogP contribution in [0.5, 0.6) is 5.75 Å². The van der Waals surface area contributed by atoms with Crippen LogP contribution in [0.25, 0.3) is 11.1 Å². The molecule has 3 aromatic rings. The van der Waals surface area contributed by atoms with E-state index in [0.29, 0.717) is 12.1 Å². The molecule has 3 aromatic carbocycles. The maximum absolute atomic E-state index is 13.8. The first-order chi connectivity index (χ1) is 12.7. The smallest absolute Gasteiger partial charge is 0.265 e. The molecule has 3 rings (SSSR count).